The zero-order valence-corrected chi connectivity index (χ0v) is 19.9. The Balaban J connectivity index is 1.53. The molecule has 7 nitrogen and oxygen atoms in total. The van der Waals surface area contributed by atoms with E-state index in [2.05, 4.69) is 15.6 Å². The van der Waals surface area contributed by atoms with E-state index in [-0.39, 0.29) is 11.5 Å². The lowest BCUT2D eigenvalue weighted by Gasteiger charge is -2.22. The number of imidazole rings is 1. The largest absolute Gasteiger partial charge is 0.484 e. The van der Waals surface area contributed by atoms with Crippen molar-refractivity contribution in [2.24, 2.45) is 0 Å². The van der Waals surface area contributed by atoms with Crippen molar-refractivity contribution in [3.63, 3.8) is 0 Å². The van der Waals surface area contributed by atoms with Crippen molar-refractivity contribution in [2.45, 2.75) is 83.9 Å². The molecule has 5 rings (SSSR count). The second-order valence-electron chi connectivity index (χ2n) is 10.4. The second-order valence-corrected chi connectivity index (χ2v) is 10.4. The van der Waals surface area contributed by atoms with Gasteiger partial charge in [-0.25, -0.2) is 9.50 Å². The molecule has 0 bridgehead atoms. The molecule has 1 aromatic carbocycles. The zero-order chi connectivity index (χ0) is 23.2. The van der Waals surface area contributed by atoms with Gasteiger partial charge in [0, 0.05) is 29.3 Å². The Hall–Kier alpha value is -3.09. The minimum atomic E-state index is -0.355. The van der Waals surface area contributed by atoms with Crippen LogP contribution in [0.15, 0.2) is 30.5 Å². The van der Waals surface area contributed by atoms with Crippen LogP contribution in [-0.4, -0.2) is 38.2 Å². The number of benzene rings is 1. The Morgan fingerprint density at radius 3 is 2.52 bits per heavy atom. The van der Waals surface area contributed by atoms with E-state index in [0.717, 1.165) is 48.3 Å². The van der Waals surface area contributed by atoms with Crippen LogP contribution in [0.3, 0.4) is 0 Å². The van der Waals surface area contributed by atoms with Crippen molar-refractivity contribution >= 4 is 17.4 Å². The highest BCUT2D eigenvalue weighted by Crippen LogP contribution is 2.32. The van der Waals surface area contributed by atoms with Gasteiger partial charge in [-0.1, -0.05) is 18.9 Å². The first kappa shape index (κ1) is 21.7. The molecule has 2 N–H and O–H groups in total. The molecule has 3 aromatic rings. The molecular weight excluding hydrogens is 414 g/mol. The van der Waals surface area contributed by atoms with E-state index < -0.39 is 0 Å². The van der Waals surface area contributed by atoms with Gasteiger partial charge in [0.2, 0.25) is 0 Å². The van der Waals surface area contributed by atoms with Crippen LogP contribution >= 0.6 is 0 Å². The Morgan fingerprint density at radius 1 is 1.09 bits per heavy atom. The molecule has 0 radical (unpaired) electrons. The molecule has 2 fully saturated rings. The van der Waals surface area contributed by atoms with Gasteiger partial charge in [-0.3, -0.25) is 4.79 Å². The lowest BCUT2D eigenvalue weighted by molar-refractivity contribution is 0.0950. The summed E-state index contributed by atoms with van der Waals surface area (Å²) in [7, 11) is 0. The molecule has 2 aromatic heterocycles. The van der Waals surface area contributed by atoms with Gasteiger partial charge in [0.1, 0.15) is 5.60 Å². The van der Waals surface area contributed by atoms with Crippen LogP contribution in [0.4, 0.5) is 5.82 Å². The number of anilines is 1. The molecule has 2 saturated carbocycles. The first-order valence-corrected chi connectivity index (χ1v) is 12.0. The van der Waals surface area contributed by atoms with Gasteiger partial charge in [-0.2, -0.15) is 0 Å². The number of aromatic nitrogens is 3. The number of nitrogens with zero attached hydrogens (tertiary/aromatic N) is 3. The van der Waals surface area contributed by atoms with Gasteiger partial charge in [-0.05, 0) is 71.1 Å². The van der Waals surface area contributed by atoms with Crippen molar-refractivity contribution in [2.75, 3.05) is 5.32 Å². The molecule has 2 aliphatic carbocycles. The fraction of sp³-hybridized carbons (Fsp3) is 0.500. The summed E-state index contributed by atoms with van der Waals surface area (Å²) >= 11 is 0. The topological polar surface area (TPSA) is 80.6 Å². The number of aryl methyl sites for hydroxylation is 1. The van der Waals surface area contributed by atoms with Crippen molar-refractivity contribution in [3.8, 4) is 17.0 Å². The molecule has 0 atom stereocenters. The summed E-state index contributed by atoms with van der Waals surface area (Å²) < 4.78 is 8.13. The minimum Gasteiger partial charge on any atom is -0.484 e. The van der Waals surface area contributed by atoms with Gasteiger partial charge in [0.15, 0.2) is 17.2 Å². The number of carbonyl (C=O) groups excluding carboxylic acids is 1. The monoisotopic (exact) mass is 447 g/mol. The molecule has 7 heteroatoms. The van der Waals surface area contributed by atoms with Gasteiger partial charge in [-0.15, -0.1) is 5.10 Å². The van der Waals surface area contributed by atoms with Crippen molar-refractivity contribution in [1.82, 2.24) is 19.9 Å². The van der Waals surface area contributed by atoms with E-state index in [1.807, 2.05) is 62.7 Å². The average molecular weight is 448 g/mol. The van der Waals surface area contributed by atoms with Crippen LogP contribution in [-0.2, 0) is 0 Å². The third kappa shape index (κ3) is 4.82. The molecule has 174 valence electrons. The number of amides is 1. The Bertz CT molecular complexity index is 1180. The summed E-state index contributed by atoms with van der Waals surface area (Å²) in [6.45, 7) is 8.08. The summed E-state index contributed by atoms with van der Waals surface area (Å²) in [6.07, 6.45) is 8.81. The molecule has 2 aliphatic rings. The van der Waals surface area contributed by atoms with Crippen LogP contribution in [0.2, 0.25) is 0 Å². The Kier molecular flexibility index (Phi) is 5.51. The minimum absolute atomic E-state index is 0.00160. The third-order valence-corrected chi connectivity index (χ3v) is 6.24. The number of nitrogens with one attached hydrogen (secondary N) is 2. The highest BCUT2D eigenvalue weighted by Gasteiger charge is 2.25. The average Bonchev–Trinajstić information content (AvgIpc) is 3.21. The Labute approximate surface area is 194 Å². The molecule has 1 amide bonds. The summed E-state index contributed by atoms with van der Waals surface area (Å²) in [5.74, 6) is 1.51. The van der Waals surface area contributed by atoms with E-state index in [0.29, 0.717) is 29.0 Å². The van der Waals surface area contributed by atoms with Crippen molar-refractivity contribution in [3.05, 3.63) is 41.6 Å². The summed E-state index contributed by atoms with van der Waals surface area (Å²) in [6, 6.07) is 8.65. The van der Waals surface area contributed by atoms with Crippen LogP contribution in [0.1, 0.15) is 75.2 Å². The van der Waals surface area contributed by atoms with Crippen LogP contribution in [0.25, 0.3) is 16.9 Å². The maximum Gasteiger partial charge on any atom is 0.251 e. The molecule has 0 unspecified atom stereocenters. The van der Waals surface area contributed by atoms with Crippen LogP contribution in [0.5, 0.6) is 5.75 Å². The lowest BCUT2D eigenvalue weighted by Crippen LogP contribution is -2.26. The van der Waals surface area contributed by atoms with Crippen molar-refractivity contribution in [1.29, 1.82) is 0 Å². The predicted octanol–water partition coefficient (Wildman–Crippen LogP) is 5.13. The summed E-state index contributed by atoms with van der Waals surface area (Å²) in [4.78, 5) is 17.2. The van der Waals surface area contributed by atoms with E-state index in [4.69, 9.17) is 9.84 Å². The smallest absolute Gasteiger partial charge is 0.251 e. The molecular formula is C26H33N5O2. The summed E-state index contributed by atoms with van der Waals surface area (Å²) in [5.41, 5.74) is 3.82. The number of hydrogen-bond acceptors (Lipinski definition) is 5. The number of carbonyl (C=O) groups is 1. The first-order valence-electron chi connectivity index (χ1n) is 12.0. The van der Waals surface area contributed by atoms with E-state index in [9.17, 15) is 4.79 Å². The Morgan fingerprint density at radius 2 is 1.85 bits per heavy atom. The van der Waals surface area contributed by atoms with E-state index in [1.165, 1.54) is 12.8 Å². The first-order chi connectivity index (χ1) is 15.8. The van der Waals surface area contributed by atoms with Gasteiger partial charge >= 0.3 is 0 Å². The van der Waals surface area contributed by atoms with Crippen molar-refractivity contribution < 1.29 is 9.53 Å². The second kappa shape index (κ2) is 8.36. The molecule has 0 saturated heterocycles. The zero-order valence-electron chi connectivity index (χ0n) is 19.9. The third-order valence-electron chi connectivity index (χ3n) is 6.24. The number of fused-ring (bicyclic) bond motifs is 1. The normalized spacial score (nSPS) is 16.8. The standard InChI is InChI=1S/C26H33N5O2/c1-16-13-17(9-12-20(16)25(32)29-19-10-11-19)21-15-27-24-22(33-26(2,3)4)14-23(30-31(21)24)28-18-7-5-6-8-18/h9,12-15,18-19H,5-8,10-11H2,1-4H3,(H,28,30)(H,29,32). The maximum absolute atomic E-state index is 12.5. The van der Waals surface area contributed by atoms with E-state index in [1.54, 1.807) is 0 Å². The van der Waals surface area contributed by atoms with Gasteiger partial charge < -0.3 is 15.4 Å². The van der Waals surface area contributed by atoms with E-state index >= 15 is 0 Å². The highest BCUT2D eigenvalue weighted by atomic mass is 16.5. The summed E-state index contributed by atoms with van der Waals surface area (Å²) in [5, 5.41) is 11.6. The molecule has 33 heavy (non-hydrogen) atoms. The van der Waals surface area contributed by atoms with Gasteiger partial charge in [0.25, 0.3) is 5.91 Å². The molecule has 2 heterocycles. The fourth-order valence-corrected chi connectivity index (χ4v) is 4.46. The lowest BCUT2D eigenvalue weighted by atomic mass is 10.0. The van der Waals surface area contributed by atoms with Crippen LogP contribution < -0.4 is 15.4 Å². The number of ether oxygens (including phenoxy) is 1. The number of rotatable bonds is 6. The number of hydrogen-bond donors (Lipinski definition) is 2. The molecule has 0 spiro atoms. The predicted molar refractivity (Wildman–Crippen MR) is 130 cm³/mol. The SMILES string of the molecule is Cc1cc(-c2cnc3c(OC(C)(C)C)cc(NC4CCCC4)nn23)ccc1C(=O)NC1CC1. The molecule has 0 aliphatic heterocycles. The van der Waals surface area contributed by atoms with Crippen LogP contribution in [0, 0.1) is 6.92 Å². The fourth-order valence-electron chi connectivity index (χ4n) is 4.46. The highest BCUT2D eigenvalue weighted by molar-refractivity contribution is 5.96. The maximum atomic E-state index is 12.5. The van der Waals surface area contributed by atoms with Gasteiger partial charge in [0.05, 0.1) is 11.9 Å². The quantitative estimate of drug-likeness (QED) is 0.548.